The van der Waals surface area contributed by atoms with Gasteiger partial charge >= 0.3 is 5.97 Å². The van der Waals surface area contributed by atoms with Crippen molar-refractivity contribution >= 4 is 5.97 Å². The van der Waals surface area contributed by atoms with Crippen molar-refractivity contribution in [2.45, 2.75) is 45.1 Å². The van der Waals surface area contributed by atoms with Crippen LogP contribution in [0.25, 0.3) is 0 Å². The Morgan fingerprint density at radius 3 is 2.90 bits per heavy atom. The molecule has 21 heavy (non-hydrogen) atoms. The Morgan fingerprint density at radius 2 is 2.14 bits per heavy atom. The maximum Gasteiger partial charge on any atom is 0.320 e. The number of para-hydroxylation sites is 1. The van der Waals surface area contributed by atoms with E-state index in [4.69, 9.17) is 4.74 Å². The van der Waals surface area contributed by atoms with Gasteiger partial charge in [0.05, 0.1) is 6.61 Å². The largest absolute Gasteiger partial charge is 0.493 e. The van der Waals surface area contributed by atoms with E-state index in [0.29, 0.717) is 6.61 Å². The predicted molar refractivity (Wildman–Crippen MR) is 82.8 cm³/mol. The molecule has 0 spiro atoms. The molecule has 0 aliphatic carbocycles. The van der Waals surface area contributed by atoms with E-state index in [0.717, 1.165) is 56.5 Å². The third kappa shape index (κ3) is 4.74. The second-order valence-corrected chi connectivity index (χ2v) is 5.71. The predicted octanol–water partition coefficient (Wildman–Crippen LogP) is 3.09. The number of carboxylic acids is 1. The molecule has 1 heterocycles. The molecule has 1 saturated heterocycles. The Morgan fingerprint density at radius 1 is 1.33 bits per heavy atom. The van der Waals surface area contributed by atoms with E-state index in [2.05, 4.69) is 4.90 Å². The molecular formula is C17H25NO3. The number of carbonyl (C=O) groups is 1. The van der Waals surface area contributed by atoms with Crippen LogP contribution >= 0.6 is 0 Å². The number of likely N-dealkylation sites (tertiary alicyclic amines) is 1. The SMILES string of the molecule is Cc1ccccc1OCCCCN1CCCCC1C(=O)O. The lowest BCUT2D eigenvalue weighted by atomic mass is 10.0. The van der Waals surface area contributed by atoms with E-state index in [9.17, 15) is 9.90 Å². The first-order chi connectivity index (χ1) is 10.2. The monoisotopic (exact) mass is 291 g/mol. The highest BCUT2D eigenvalue weighted by molar-refractivity contribution is 5.73. The quantitative estimate of drug-likeness (QED) is 0.784. The fourth-order valence-electron chi connectivity index (χ4n) is 2.86. The molecule has 0 saturated carbocycles. The molecule has 0 bridgehead atoms. The van der Waals surface area contributed by atoms with Crippen molar-refractivity contribution in [3.63, 3.8) is 0 Å². The molecule has 1 unspecified atom stereocenters. The fraction of sp³-hybridized carbons (Fsp3) is 0.588. The molecule has 1 aromatic carbocycles. The van der Waals surface area contributed by atoms with Gasteiger partial charge in [-0.25, -0.2) is 0 Å². The minimum atomic E-state index is -0.675. The Labute approximate surface area is 126 Å². The van der Waals surface area contributed by atoms with Crippen LogP contribution in [0.2, 0.25) is 0 Å². The van der Waals surface area contributed by atoms with E-state index in [1.165, 1.54) is 0 Å². The summed E-state index contributed by atoms with van der Waals surface area (Å²) in [5.74, 6) is 0.268. The van der Waals surface area contributed by atoms with Crippen LogP contribution in [0.5, 0.6) is 5.75 Å². The maximum atomic E-state index is 11.2. The van der Waals surface area contributed by atoms with E-state index in [1.807, 2.05) is 31.2 Å². The molecule has 1 aromatic rings. The van der Waals surface area contributed by atoms with Crippen molar-refractivity contribution < 1.29 is 14.6 Å². The Hall–Kier alpha value is -1.55. The zero-order valence-corrected chi connectivity index (χ0v) is 12.8. The first-order valence-corrected chi connectivity index (χ1v) is 7.84. The summed E-state index contributed by atoms with van der Waals surface area (Å²) in [6.07, 6.45) is 4.87. The number of ether oxygens (including phenoxy) is 1. The van der Waals surface area contributed by atoms with Gasteiger partial charge in [0.25, 0.3) is 0 Å². The number of carboxylic acid groups (broad SMARTS) is 1. The van der Waals surface area contributed by atoms with Crippen LogP contribution in [0, 0.1) is 6.92 Å². The minimum Gasteiger partial charge on any atom is -0.493 e. The molecule has 1 fully saturated rings. The van der Waals surface area contributed by atoms with Crippen LogP contribution in [0.15, 0.2) is 24.3 Å². The van der Waals surface area contributed by atoms with Gasteiger partial charge in [-0.3, -0.25) is 9.69 Å². The van der Waals surface area contributed by atoms with Gasteiger partial charge in [-0.2, -0.15) is 0 Å². The highest BCUT2D eigenvalue weighted by Gasteiger charge is 2.27. The number of hydrogen-bond donors (Lipinski definition) is 1. The number of rotatable bonds is 7. The van der Waals surface area contributed by atoms with E-state index < -0.39 is 5.97 Å². The van der Waals surface area contributed by atoms with E-state index in [-0.39, 0.29) is 6.04 Å². The molecule has 4 heteroatoms. The third-order valence-corrected chi connectivity index (χ3v) is 4.09. The number of piperidine rings is 1. The number of hydrogen-bond acceptors (Lipinski definition) is 3. The summed E-state index contributed by atoms with van der Waals surface area (Å²) < 4.78 is 5.77. The van der Waals surface area contributed by atoms with Crippen LogP contribution < -0.4 is 4.74 Å². The molecule has 1 N–H and O–H groups in total. The lowest BCUT2D eigenvalue weighted by Gasteiger charge is -2.32. The number of aliphatic carboxylic acids is 1. The molecule has 0 radical (unpaired) electrons. The summed E-state index contributed by atoms with van der Waals surface area (Å²) in [7, 11) is 0. The average molecular weight is 291 g/mol. The van der Waals surface area contributed by atoms with Gasteiger partial charge < -0.3 is 9.84 Å². The topological polar surface area (TPSA) is 49.8 Å². The Bertz CT molecular complexity index is 461. The van der Waals surface area contributed by atoms with Gasteiger partial charge in [0.15, 0.2) is 0 Å². The lowest BCUT2D eigenvalue weighted by molar-refractivity contribution is -0.144. The van der Waals surface area contributed by atoms with Crippen molar-refractivity contribution in [2.75, 3.05) is 19.7 Å². The number of nitrogens with zero attached hydrogens (tertiary/aromatic N) is 1. The number of unbranched alkanes of at least 4 members (excludes halogenated alkanes) is 1. The van der Waals surface area contributed by atoms with Crippen LogP contribution in [0.4, 0.5) is 0 Å². The fourth-order valence-corrected chi connectivity index (χ4v) is 2.86. The first-order valence-electron chi connectivity index (χ1n) is 7.84. The van der Waals surface area contributed by atoms with Crippen molar-refractivity contribution in [1.82, 2.24) is 4.90 Å². The summed E-state index contributed by atoms with van der Waals surface area (Å²) >= 11 is 0. The summed E-state index contributed by atoms with van der Waals surface area (Å²) in [4.78, 5) is 13.3. The van der Waals surface area contributed by atoms with Crippen molar-refractivity contribution in [1.29, 1.82) is 0 Å². The maximum absolute atomic E-state index is 11.2. The van der Waals surface area contributed by atoms with Crippen molar-refractivity contribution in [2.24, 2.45) is 0 Å². The Balaban J connectivity index is 1.67. The molecular weight excluding hydrogens is 266 g/mol. The molecule has 0 aromatic heterocycles. The molecule has 1 aliphatic heterocycles. The molecule has 1 aliphatic rings. The highest BCUT2D eigenvalue weighted by atomic mass is 16.5. The van der Waals surface area contributed by atoms with Gasteiger partial charge in [-0.15, -0.1) is 0 Å². The van der Waals surface area contributed by atoms with Crippen molar-refractivity contribution in [3.8, 4) is 5.75 Å². The van der Waals surface area contributed by atoms with Gasteiger partial charge in [-0.05, 0) is 57.3 Å². The second kappa shape index (κ2) is 8.03. The van der Waals surface area contributed by atoms with E-state index in [1.54, 1.807) is 0 Å². The van der Waals surface area contributed by atoms with Gasteiger partial charge in [0.2, 0.25) is 0 Å². The molecule has 116 valence electrons. The van der Waals surface area contributed by atoms with E-state index >= 15 is 0 Å². The summed E-state index contributed by atoms with van der Waals surface area (Å²) in [6, 6.07) is 7.73. The first kappa shape index (κ1) is 15.8. The summed E-state index contributed by atoms with van der Waals surface area (Å²) in [5.41, 5.74) is 1.15. The zero-order chi connectivity index (χ0) is 15.1. The zero-order valence-electron chi connectivity index (χ0n) is 12.8. The Kier molecular flexibility index (Phi) is 6.05. The molecule has 1 atom stereocenters. The number of aryl methyl sites for hydroxylation is 1. The number of benzene rings is 1. The smallest absolute Gasteiger partial charge is 0.320 e. The van der Waals surface area contributed by atoms with Crippen molar-refractivity contribution in [3.05, 3.63) is 29.8 Å². The van der Waals surface area contributed by atoms with Crippen LogP contribution in [0.1, 0.15) is 37.7 Å². The van der Waals surface area contributed by atoms with Gasteiger partial charge in [0.1, 0.15) is 11.8 Å². The summed E-state index contributed by atoms with van der Waals surface area (Å²) in [6.45, 7) is 4.50. The lowest BCUT2D eigenvalue weighted by Crippen LogP contribution is -2.45. The second-order valence-electron chi connectivity index (χ2n) is 5.71. The standard InChI is InChI=1S/C17H25NO3/c1-14-8-2-3-10-16(14)21-13-7-6-12-18-11-5-4-9-15(18)17(19)20/h2-3,8,10,15H,4-7,9,11-13H2,1H3,(H,19,20). The normalized spacial score (nSPS) is 19.4. The molecule has 2 rings (SSSR count). The minimum absolute atomic E-state index is 0.281. The van der Waals surface area contributed by atoms with Crippen LogP contribution in [0.3, 0.4) is 0 Å². The summed E-state index contributed by atoms with van der Waals surface area (Å²) in [5, 5.41) is 9.22. The average Bonchev–Trinajstić information content (AvgIpc) is 2.49. The molecule has 4 nitrogen and oxygen atoms in total. The van der Waals surface area contributed by atoms with Gasteiger partial charge in [-0.1, -0.05) is 24.6 Å². The molecule has 0 amide bonds. The third-order valence-electron chi connectivity index (χ3n) is 4.09. The van der Waals surface area contributed by atoms with Gasteiger partial charge in [0, 0.05) is 0 Å². The van der Waals surface area contributed by atoms with Crippen LogP contribution in [-0.2, 0) is 4.79 Å². The van der Waals surface area contributed by atoms with Crippen LogP contribution in [-0.4, -0.2) is 41.7 Å². The highest BCUT2D eigenvalue weighted by Crippen LogP contribution is 2.19.